The van der Waals surface area contributed by atoms with E-state index in [2.05, 4.69) is 0 Å². The summed E-state index contributed by atoms with van der Waals surface area (Å²) in [5.74, 6) is 0. The van der Waals surface area contributed by atoms with Gasteiger partial charge in [0.15, 0.2) is 0 Å². The molecule has 0 heterocycles. The Morgan fingerprint density at radius 1 is 0.900 bits per heavy atom. The zero-order valence-electron chi connectivity index (χ0n) is 5.62. The first-order valence-electron chi connectivity index (χ1n) is 3.03. The van der Waals surface area contributed by atoms with Crippen LogP contribution in [0.2, 0.25) is 10.6 Å². The van der Waals surface area contributed by atoms with Gasteiger partial charge in [-0.2, -0.15) is 0 Å². The Hall–Kier alpha value is 0.379. The van der Waals surface area contributed by atoms with E-state index < -0.39 is 0 Å². The summed E-state index contributed by atoms with van der Waals surface area (Å²) >= 11 is 1.30. The maximum atomic E-state index is 9.85. The van der Waals surface area contributed by atoms with Gasteiger partial charge in [0.25, 0.3) is 0 Å². The normalized spacial score (nSPS) is 9.20. The van der Waals surface area contributed by atoms with Crippen molar-refractivity contribution in [1.82, 2.24) is 0 Å². The summed E-state index contributed by atoms with van der Waals surface area (Å²) in [4.78, 5) is 19.7. The third-order valence-corrected chi connectivity index (χ3v) is 8.21. The summed E-state index contributed by atoms with van der Waals surface area (Å²) in [5.41, 5.74) is 0. The fourth-order valence-corrected chi connectivity index (χ4v) is 6.28. The molecule has 0 aromatic heterocycles. The molecule has 0 aromatic carbocycles. The van der Waals surface area contributed by atoms with Crippen LogP contribution in [0.25, 0.3) is 0 Å². The molecule has 0 saturated heterocycles. The van der Waals surface area contributed by atoms with Gasteiger partial charge in [-0.25, -0.2) is 0 Å². The van der Waals surface area contributed by atoms with Gasteiger partial charge in [0.05, 0.1) is 0 Å². The number of carbonyl (C=O) groups is 2. The standard InChI is InChI=1S/C6H10O2Se2/c7-3-1-5-9-10-6-2-4-8/h3-4H,1-2,5-6H2. The average Bonchev–Trinajstić information content (AvgIpc) is 1.97. The molecule has 0 bridgehead atoms. The summed E-state index contributed by atoms with van der Waals surface area (Å²) in [6.07, 6.45) is 3.36. The van der Waals surface area contributed by atoms with Crippen LogP contribution in [0.1, 0.15) is 12.8 Å². The molecule has 0 rings (SSSR count). The molecule has 0 aliphatic heterocycles. The van der Waals surface area contributed by atoms with Gasteiger partial charge < -0.3 is 0 Å². The molecule has 58 valence electrons. The van der Waals surface area contributed by atoms with Crippen LogP contribution < -0.4 is 0 Å². The summed E-state index contributed by atoms with van der Waals surface area (Å²) in [7, 11) is 0. The molecular formula is C6H10O2Se2. The van der Waals surface area contributed by atoms with Crippen molar-refractivity contribution in [3.8, 4) is 0 Å². The van der Waals surface area contributed by atoms with Crippen molar-refractivity contribution in [3.63, 3.8) is 0 Å². The molecule has 0 atom stereocenters. The quantitative estimate of drug-likeness (QED) is 0.380. The summed E-state index contributed by atoms with van der Waals surface area (Å²) in [5, 5.41) is 2.13. The first-order chi connectivity index (χ1) is 4.91. The molecular weight excluding hydrogens is 262 g/mol. The van der Waals surface area contributed by atoms with Crippen molar-refractivity contribution in [3.05, 3.63) is 0 Å². The van der Waals surface area contributed by atoms with Crippen LogP contribution in [-0.4, -0.2) is 38.8 Å². The molecule has 0 amide bonds. The first kappa shape index (κ1) is 10.4. The third kappa shape index (κ3) is 8.38. The molecule has 0 aliphatic carbocycles. The van der Waals surface area contributed by atoms with E-state index in [4.69, 9.17) is 0 Å². The van der Waals surface area contributed by atoms with Crippen LogP contribution in [0.3, 0.4) is 0 Å². The van der Waals surface area contributed by atoms with E-state index in [9.17, 15) is 9.59 Å². The van der Waals surface area contributed by atoms with Crippen molar-refractivity contribution in [2.75, 3.05) is 0 Å². The summed E-state index contributed by atoms with van der Waals surface area (Å²) in [6, 6.07) is 0. The molecule has 0 fully saturated rings. The van der Waals surface area contributed by atoms with Crippen LogP contribution in [-0.2, 0) is 9.59 Å². The van der Waals surface area contributed by atoms with Gasteiger partial charge >= 0.3 is 71.9 Å². The Morgan fingerprint density at radius 2 is 1.30 bits per heavy atom. The van der Waals surface area contributed by atoms with E-state index in [0.29, 0.717) is 39.1 Å². The number of aldehydes is 2. The molecule has 0 spiro atoms. The van der Waals surface area contributed by atoms with E-state index >= 15 is 0 Å². The van der Waals surface area contributed by atoms with Crippen LogP contribution >= 0.6 is 0 Å². The average molecular weight is 272 g/mol. The Morgan fingerprint density at radius 3 is 1.60 bits per heavy atom. The Kier molecular flexibility index (Phi) is 9.73. The van der Waals surface area contributed by atoms with Gasteiger partial charge in [-0.15, -0.1) is 0 Å². The van der Waals surface area contributed by atoms with Gasteiger partial charge in [0.1, 0.15) is 0 Å². The SMILES string of the molecule is O=CCC[Se][Se]CCC=O. The van der Waals surface area contributed by atoms with E-state index in [-0.39, 0.29) is 0 Å². The van der Waals surface area contributed by atoms with Crippen LogP contribution in [0.4, 0.5) is 0 Å². The second-order valence-electron chi connectivity index (χ2n) is 1.55. The van der Waals surface area contributed by atoms with Crippen LogP contribution in [0.5, 0.6) is 0 Å². The van der Waals surface area contributed by atoms with Gasteiger partial charge in [-0.1, -0.05) is 0 Å². The fraction of sp³-hybridized carbons (Fsp3) is 0.667. The van der Waals surface area contributed by atoms with Crippen molar-refractivity contribution in [2.45, 2.75) is 23.5 Å². The summed E-state index contributed by atoms with van der Waals surface area (Å²) < 4.78 is 0. The van der Waals surface area contributed by atoms with E-state index in [0.717, 1.165) is 23.2 Å². The van der Waals surface area contributed by atoms with Gasteiger partial charge in [0, 0.05) is 0 Å². The molecule has 0 unspecified atom stereocenters. The molecule has 0 aromatic rings. The number of carbonyl (C=O) groups excluding carboxylic acids is 2. The van der Waals surface area contributed by atoms with Crippen molar-refractivity contribution >= 4 is 38.8 Å². The van der Waals surface area contributed by atoms with E-state index in [1.54, 1.807) is 0 Å². The van der Waals surface area contributed by atoms with Crippen molar-refractivity contribution in [2.24, 2.45) is 0 Å². The van der Waals surface area contributed by atoms with Gasteiger partial charge in [-0.05, 0) is 0 Å². The monoisotopic (exact) mass is 274 g/mol. The van der Waals surface area contributed by atoms with Gasteiger partial charge in [0.2, 0.25) is 0 Å². The fourth-order valence-electron chi connectivity index (χ4n) is 0.310. The molecule has 0 saturated carbocycles. The van der Waals surface area contributed by atoms with Crippen LogP contribution in [0.15, 0.2) is 0 Å². The minimum absolute atomic E-state index is 0.650. The maximum absolute atomic E-state index is 9.85. The van der Waals surface area contributed by atoms with E-state index in [1.165, 1.54) is 0 Å². The molecule has 2 nitrogen and oxygen atoms in total. The number of hydrogen-bond donors (Lipinski definition) is 0. The second kappa shape index (κ2) is 9.38. The van der Waals surface area contributed by atoms with Gasteiger partial charge in [-0.3, -0.25) is 0 Å². The van der Waals surface area contributed by atoms with Crippen molar-refractivity contribution < 1.29 is 9.59 Å². The molecule has 0 radical (unpaired) electrons. The Balaban J connectivity index is 2.76. The molecule has 0 aliphatic rings. The Bertz CT molecular complexity index is 83.7. The molecule has 4 heteroatoms. The topological polar surface area (TPSA) is 34.1 Å². The number of hydrogen-bond acceptors (Lipinski definition) is 2. The predicted octanol–water partition coefficient (Wildman–Crippen LogP) is 0.324. The third-order valence-electron chi connectivity index (χ3n) is 0.721. The molecule has 10 heavy (non-hydrogen) atoms. The second-order valence-corrected chi connectivity index (χ2v) is 9.40. The van der Waals surface area contributed by atoms with Crippen molar-refractivity contribution in [1.29, 1.82) is 0 Å². The zero-order chi connectivity index (χ0) is 7.66. The first-order valence-corrected chi connectivity index (χ1v) is 9.79. The van der Waals surface area contributed by atoms with E-state index in [1.807, 2.05) is 0 Å². The Labute approximate surface area is 72.0 Å². The number of rotatable bonds is 7. The predicted molar refractivity (Wildman–Crippen MR) is 42.5 cm³/mol. The molecule has 0 N–H and O–H groups in total. The van der Waals surface area contributed by atoms with Crippen LogP contribution in [0, 0.1) is 0 Å². The minimum atomic E-state index is 0.650. The summed E-state index contributed by atoms with van der Waals surface area (Å²) in [6.45, 7) is 0. The zero-order valence-corrected chi connectivity index (χ0v) is 9.04.